The van der Waals surface area contributed by atoms with Crippen molar-refractivity contribution in [1.82, 2.24) is 15.1 Å². The second-order valence-corrected chi connectivity index (χ2v) is 9.77. The zero-order chi connectivity index (χ0) is 23.2. The van der Waals surface area contributed by atoms with Crippen LogP contribution >= 0.6 is 0 Å². The molecule has 2 aromatic rings. The van der Waals surface area contributed by atoms with E-state index >= 15 is 0 Å². The number of amides is 2. The van der Waals surface area contributed by atoms with Gasteiger partial charge in [-0.25, -0.2) is 9.18 Å². The van der Waals surface area contributed by atoms with Crippen molar-refractivity contribution in [3.05, 3.63) is 65.5 Å². The fraction of sp³-hybridized carbons (Fsp3) is 0.519. The van der Waals surface area contributed by atoms with Crippen molar-refractivity contribution < 1.29 is 13.9 Å². The molecule has 2 saturated heterocycles. The molecule has 178 valence electrons. The van der Waals surface area contributed by atoms with E-state index in [1.807, 2.05) is 29.2 Å². The maximum atomic E-state index is 13.4. The minimum atomic E-state index is -0.255. The molecule has 2 aliphatic rings. The van der Waals surface area contributed by atoms with Crippen molar-refractivity contribution in [1.29, 1.82) is 0 Å². The molecule has 2 fully saturated rings. The van der Waals surface area contributed by atoms with Crippen LogP contribution in [0.15, 0.2) is 48.5 Å². The highest BCUT2D eigenvalue weighted by Gasteiger charge is 2.35. The summed E-state index contributed by atoms with van der Waals surface area (Å²) in [5, 5.41) is 3.12. The monoisotopic (exact) mass is 453 g/mol. The first kappa shape index (κ1) is 23.6. The molecule has 0 aromatic heterocycles. The summed E-state index contributed by atoms with van der Waals surface area (Å²) < 4.78 is 19.2. The molecule has 2 heterocycles. The Hall–Kier alpha value is -2.60. The lowest BCUT2D eigenvalue weighted by Gasteiger charge is -2.40. The van der Waals surface area contributed by atoms with E-state index in [2.05, 4.69) is 24.1 Å². The summed E-state index contributed by atoms with van der Waals surface area (Å²) in [4.78, 5) is 17.9. The summed E-state index contributed by atoms with van der Waals surface area (Å²) in [6, 6.07) is 15.1. The third kappa shape index (κ3) is 6.47. The number of ether oxygens (including phenoxy) is 1. The summed E-state index contributed by atoms with van der Waals surface area (Å²) in [6.07, 6.45) is 4.45. The van der Waals surface area contributed by atoms with E-state index in [0.29, 0.717) is 31.7 Å². The van der Waals surface area contributed by atoms with Crippen LogP contribution in [0.3, 0.4) is 0 Å². The van der Waals surface area contributed by atoms with E-state index < -0.39 is 0 Å². The summed E-state index contributed by atoms with van der Waals surface area (Å²) in [7, 11) is 0. The standard InChI is InChI=1S/C27H36FN3O2/c1-20(2)19-33-26-11-7-21(8-12-26)17-29-27(32)31(18-22-5-9-23(28)10-6-22)25-13-15-30-14-3-4-24(30)16-25/h5-12,20,24-25H,3-4,13-19H2,1-2H3,(H,29,32)/t24-,25-/m1/s1. The maximum Gasteiger partial charge on any atom is 0.318 e. The number of benzene rings is 2. The SMILES string of the molecule is CC(C)COc1ccc(CNC(=O)N(Cc2ccc(F)cc2)[C@@H]2CCN3CCC[C@@H]3C2)cc1. The number of nitrogens with one attached hydrogen (secondary N) is 1. The van der Waals surface area contributed by atoms with Gasteiger partial charge in [0.15, 0.2) is 0 Å². The van der Waals surface area contributed by atoms with Crippen LogP contribution in [0.4, 0.5) is 9.18 Å². The predicted octanol–water partition coefficient (Wildman–Crippen LogP) is 5.20. The van der Waals surface area contributed by atoms with Gasteiger partial charge in [0, 0.05) is 31.7 Å². The number of rotatable bonds is 8. The van der Waals surface area contributed by atoms with Crippen LogP contribution in [0.1, 0.15) is 50.7 Å². The minimum absolute atomic E-state index is 0.0593. The zero-order valence-corrected chi connectivity index (χ0v) is 19.8. The molecule has 2 aliphatic heterocycles. The number of hydrogen-bond donors (Lipinski definition) is 1. The molecule has 2 atom stereocenters. The van der Waals surface area contributed by atoms with Gasteiger partial charge in [0.25, 0.3) is 0 Å². The highest BCUT2D eigenvalue weighted by molar-refractivity contribution is 5.74. The average molecular weight is 454 g/mol. The van der Waals surface area contributed by atoms with Crippen molar-refractivity contribution in [2.75, 3.05) is 19.7 Å². The molecule has 5 nitrogen and oxygen atoms in total. The molecule has 6 heteroatoms. The van der Waals surface area contributed by atoms with Crippen LogP contribution in [0.5, 0.6) is 5.75 Å². The lowest BCUT2D eigenvalue weighted by atomic mass is 9.96. The quantitative estimate of drug-likeness (QED) is 0.598. The Morgan fingerprint density at radius 1 is 1.09 bits per heavy atom. The van der Waals surface area contributed by atoms with E-state index in [0.717, 1.165) is 36.3 Å². The Kier molecular flexibility index (Phi) is 7.86. The van der Waals surface area contributed by atoms with Crippen molar-refractivity contribution in [2.24, 2.45) is 5.92 Å². The number of nitrogens with zero attached hydrogens (tertiary/aromatic N) is 2. The van der Waals surface area contributed by atoms with E-state index in [-0.39, 0.29) is 17.9 Å². The number of fused-ring (bicyclic) bond motifs is 1. The van der Waals surface area contributed by atoms with Crippen LogP contribution in [-0.4, -0.2) is 47.6 Å². The summed E-state index contributed by atoms with van der Waals surface area (Å²) in [6.45, 7) is 8.11. The normalized spacial score (nSPS) is 20.5. The second kappa shape index (κ2) is 11.0. The van der Waals surface area contributed by atoms with Gasteiger partial charge in [-0.2, -0.15) is 0 Å². The van der Waals surface area contributed by atoms with Gasteiger partial charge in [-0.15, -0.1) is 0 Å². The average Bonchev–Trinajstić information content (AvgIpc) is 3.29. The fourth-order valence-corrected chi connectivity index (χ4v) is 4.89. The lowest BCUT2D eigenvalue weighted by molar-refractivity contribution is 0.0979. The molecular weight excluding hydrogens is 417 g/mol. The summed E-state index contributed by atoms with van der Waals surface area (Å²) >= 11 is 0. The van der Waals surface area contributed by atoms with Crippen molar-refractivity contribution in [2.45, 2.75) is 64.7 Å². The van der Waals surface area contributed by atoms with Gasteiger partial charge < -0.3 is 19.9 Å². The summed E-state index contributed by atoms with van der Waals surface area (Å²) in [5.41, 5.74) is 1.99. The molecule has 2 aromatic carbocycles. The Morgan fingerprint density at radius 2 is 1.82 bits per heavy atom. The van der Waals surface area contributed by atoms with E-state index in [1.165, 1.54) is 31.5 Å². The van der Waals surface area contributed by atoms with Gasteiger partial charge in [-0.3, -0.25) is 0 Å². The van der Waals surface area contributed by atoms with Crippen LogP contribution in [-0.2, 0) is 13.1 Å². The molecule has 0 unspecified atom stereocenters. The highest BCUT2D eigenvalue weighted by Crippen LogP contribution is 2.30. The molecule has 0 bridgehead atoms. The van der Waals surface area contributed by atoms with Crippen LogP contribution in [0, 0.1) is 11.7 Å². The number of piperidine rings is 1. The molecule has 0 saturated carbocycles. The molecule has 4 rings (SSSR count). The van der Waals surface area contributed by atoms with Gasteiger partial charge in [0.05, 0.1) is 6.61 Å². The third-order valence-electron chi connectivity index (χ3n) is 6.71. The molecule has 2 amide bonds. The number of halogens is 1. The number of carbonyl (C=O) groups excluding carboxylic acids is 1. The van der Waals surface area contributed by atoms with Gasteiger partial charge in [-0.05, 0) is 73.5 Å². The Balaban J connectivity index is 1.39. The van der Waals surface area contributed by atoms with E-state index in [4.69, 9.17) is 4.74 Å². The highest BCUT2D eigenvalue weighted by atomic mass is 19.1. The molecular formula is C27H36FN3O2. The van der Waals surface area contributed by atoms with Crippen molar-refractivity contribution in [3.8, 4) is 5.75 Å². The first-order chi connectivity index (χ1) is 16.0. The topological polar surface area (TPSA) is 44.8 Å². The first-order valence-electron chi connectivity index (χ1n) is 12.2. The Bertz CT molecular complexity index is 901. The van der Waals surface area contributed by atoms with E-state index in [1.54, 1.807) is 12.1 Å². The number of hydrogen-bond acceptors (Lipinski definition) is 3. The number of urea groups is 1. The summed E-state index contributed by atoms with van der Waals surface area (Å²) in [5.74, 6) is 1.07. The van der Waals surface area contributed by atoms with Gasteiger partial charge in [0.1, 0.15) is 11.6 Å². The third-order valence-corrected chi connectivity index (χ3v) is 6.71. The Labute approximate surface area is 196 Å². The van der Waals surface area contributed by atoms with Crippen LogP contribution in [0.2, 0.25) is 0 Å². The van der Waals surface area contributed by atoms with Gasteiger partial charge in [-0.1, -0.05) is 38.1 Å². The second-order valence-electron chi connectivity index (χ2n) is 9.77. The van der Waals surface area contributed by atoms with Crippen molar-refractivity contribution >= 4 is 6.03 Å². The zero-order valence-electron chi connectivity index (χ0n) is 19.8. The van der Waals surface area contributed by atoms with Crippen LogP contribution < -0.4 is 10.1 Å². The molecule has 1 N–H and O–H groups in total. The smallest absolute Gasteiger partial charge is 0.318 e. The first-order valence-corrected chi connectivity index (χ1v) is 12.2. The molecule has 33 heavy (non-hydrogen) atoms. The fourth-order valence-electron chi connectivity index (χ4n) is 4.89. The number of carbonyl (C=O) groups is 1. The van der Waals surface area contributed by atoms with Crippen LogP contribution in [0.25, 0.3) is 0 Å². The molecule has 0 spiro atoms. The minimum Gasteiger partial charge on any atom is -0.493 e. The largest absolute Gasteiger partial charge is 0.493 e. The predicted molar refractivity (Wildman–Crippen MR) is 129 cm³/mol. The Morgan fingerprint density at radius 3 is 2.55 bits per heavy atom. The van der Waals surface area contributed by atoms with Gasteiger partial charge >= 0.3 is 6.03 Å². The van der Waals surface area contributed by atoms with Gasteiger partial charge in [0.2, 0.25) is 0 Å². The maximum absolute atomic E-state index is 13.4. The van der Waals surface area contributed by atoms with E-state index in [9.17, 15) is 9.18 Å². The molecule has 0 radical (unpaired) electrons. The van der Waals surface area contributed by atoms with Crippen molar-refractivity contribution in [3.63, 3.8) is 0 Å². The lowest BCUT2D eigenvalue weighted by Crippen LogP contribution is -2.51. The molecule has 0 aliphatic carbocycles.